The molecule has 1 fully saturated rings. The lowest BCUT2D eigenvalue weighted by Crippen LogP contribution is -2.36. The van der Waals surface area contributed by atoms with E-state index >= 15 is 0 Å². The van der Waals surface area contributed by atoms with Gasteiger partial charge in [-0.05, 0) is 33.3 Å². The predicted octanol–water partition coefficient (Wildman–Crippen LogP) is 0.548. The van der Waals surface area contributed by atoms with E-state index in [0.717, 1.165) is 13.1 Å². The number of amides is 1. The van der Waals surface area contributed by atoms with Gasteiger partial charge in [0, 0.05) is 24.8 Å². The van der Waals surface area contributed by atoms with Crippen molar-refractivity contribution in [2.24, 2.45) is 0 Å². The Morgan fingerprint density at radius 1 is 1.36 bits per heavy atom. The van der Waals surface area contributed by atoms with E-state index in [1.807, 2.05) is 25.7 Å². The zero-order chi connectivity index (χ0) is 16.3. The third kappa shape index (κ3) is 3.94. The Bertz CT molecular complexity index is 656. The van der Waals surface area contributed by atoms with Crippen LogP contribution in [0, 0.1) is 6.92 Å². The van der Waals surface area contributed by atoms with Gasteiger partial charge < -0.3 is 10.2 Å². The normalized spacial score (nSPS) is 19.9. The summed E-state index contributed by atoms with van der Waals surface area (Å²) in [6.07, 6.45) is 0.459. The molecule has 1 aromatic heterocycles. The van der Waals surface area contributed by atoms with Gasteiger partial charge in [0.15, 0.2) is 9.84 Å². The van der Waals surface area contributed by atoms with Crippen LogP contribution < -0.4 is 10.2 Å². The van der Waals surface area contributed by atoms with Crippen molar-refractivity contribution in [3.63, 3.8) is 0 Å². The minimum absolute atomic E-state index is 0.00566. The molecule has 2 rings (SSSR count). The van der Waals surface area contributed by atoms with E-state index in [9.17, 15) is 13.2 Å². The molecule has 8 heteroatoms. The highest BCUT2D eigenvalue weighted by Gasteiger charge is 2.29. The summed E-state index contributed by atoms with van der Waals surface area (Å²) in [4.78, 5) is 22.9. The van der Waals surface area contributed by atoms with Gasteiger partial charge in [-0.15, -0.1) is 0 Å². The van der Waals surface area contributed by atoms with Crippen LogP contribution in [-0.4, -0.2) is 54.9 Å². The van der Waals surface area contributed by atoms with Crippen LogP contribution in [0.4, 0.5) is 5.95 Å². The second-order valence-electron chi connectivity index (χ2n) is 5.44. The lowest BCUT2D eigenvalue weighted by Gasteiger charge is -2.19. The summed E-state index contributed by atoms with van der Waals surface area (Å²) in [6.45, 7) is 7.31. The van der Waals surface area contributed by atoms with Crippen LogP contribution in [-0.2, 0) is 9.84 Å². The molecule has 0 saturated carbocycles. The van der Waals surface area contributed by atoms with Crippen molar-refractivity contribution >= 4 is 21.7 Å². The fraction of sp³-hybridized carbons (Fsp3) is 0.643. The van der Waals surface area contributed by atoms with Crippen LogP contribution in [0.15, 0.2) is 6.07 Å². The van der Waals surface area contributed by atoms with E-state index in [0.29, 0.717) is 18.1 Å². The van der Waals surface area contributed by atoms with Crippen LogP contribution in [0.3, 0.4) is 0 Å². The Kier molecular flexibility index (Phi) is 5.00. The van der Waals surface area contributed by atoms with Crippen molar-refractivity contribution in [2.75, 3.05) is 29.5 Å². The lowest BCUT2D eigenvalue weighted by molar-refractivity contribution is 0.0936. The Labute approximate surface area is 131 Å². The highest BCUT2D eigenvalue weighted by atomic mass is 32.2. The van der Waals surface area contributed by atoms with Crippen LogP contribution >= 0.6 is 0 Å². The van der Waals surface area contributed by atoms with Crippen LogP contribution in [0.1, 0.15) is 36.5 Å². The number of nitrogens with one attached hydrogen (secondary N) is 1. The number of carbonyl (C=O) groups is 1. The summed E-state index contributed by atoms with van der Waals surface area (Å²) in [7, 11) is -3.02. The second kappa shape index (κ2) is 6.60. The third-order valence-electron chi connectivity index (χ3n) is 3.69. The number of aryl methyl sites for hydroxylation is 1. The first-order valence-corrected chi connectivity index (χ1v) is 9.28. The minimum atomic E-state index is -3.02. The molecule has 1 atom stereocenters. The Morgan fingerprint density at radius 3 is 2.59 bits per heavy atom. The molecule has 1 aliphatic rings. The maximum absolute atomic E-state index is 12.3. The number of nitrogens with zero attached hydrogens (tertiary/aromatic N) is 3. The van der Waals surface area contributed by atoms with Crippen molar-refractivity contribution in [3.8, 4) is 0 Å². The van der Waals surface area contributed by atoms with Crippen LogP contribution in [0.5, 0.6) is 0 Å². The minimum Gasteiger partial charge on any atom is -0.347 e. The summed E-state index contributed by atoms with van der Waals surface area (Å²) in [5.74, 6) is 0.312. The highest BCUT2D eigenvalue weighted by molar-refractivity contribution is 7.91. The van der Waals surface area contributed by atoms with Gasteiger partial charge in [-0.25, -0.2) is 18.4 Å². The number of rotatable bonds is 5. The van der Waals surface area contributed by atoms with Gasteiger partial charge in [-0.2, -0.15) is 0 Å². The van der Waals surface area contributed by atoms with Gasteiger partial charge in [0.05, 0.1) is 11.5 Å². The fourth-order valence-corrected chi connectivity index (χ4v) is 4.16. The van der Waals surface area contributed by atoms with Crippen molar-refractivity contribution in [1.82, 2.24) is 15.3 Å². The maximum atomic E-state index is 12.3. The van der Waals surface area contributed by atoms with E-state index in [1.165, 1.54) is 0 Å². The first kappa shape index (κ1) is 16.7. The molecule has 1 amide bonds. The number of sulfone groups is 1. The number of hydrogen-bond donors (Lipinski definition) is 1. The maximum Gasteiger partial charge on any atom is 0.270 e. The molecule has 22 heavy (non-hydrogen) atoms. The van der Waals surface area contributed by atoms with Crippen molar-refractivity contribution < 1.29 is 13.2 Å². The van der Waals surface area contributed by atoms with E-state index in [2.05, 4.69) is 15.3 Å². The number of carbonyl (C=O) groups excluding carboxylic acids is 1. The number of hydrogen-bond acceptors (Lipinski definition) is 6. The predicted molar refractivity (Wildman–Crippen MR) is 84.9 cm³/mol. The SMILES string of the molecule is CCN(CC)c1nc(C)cc(C(=O)NC2CCS(=O)(=O)C2)n1. The fourth-order valence-electron chi connectivity index (χ4n) is 2.49. The summed E-state index contributed by atoms with van der Waals surface area (Å²) < 4.78 is 22.9. The lowest BCUT2D eigenvalue weighted by atomic mass is 10.2. The summed E-state index contributed by atoms with van der Waals surface area (Å²) in [6, 6.07) is 1.29. The van der Waals surface area contributed by atoms with Gasteiger partial charge >= 0.3 is 0 Å². The van der Waals surface area contributed by atoms with E-state index < -0.39 is 9.84 Å². The van der Waals surface area contributed by atoms with Gasteiger partial charge in [-0.3, -0.25) is 4.79 Å². The van der Waals surface area contributed by atoms with Crippen LogP contribution in [0.2, 0.25) is 0 Å². The molecule has 1 aromatic rings. The third-order valence-corrected chi connectivity index (χ3v) is 5.46. The van der Waals surface area contributed by atoms with E-state index in [-0.39, 0.29) is 29.1 Å². The molecule has 1 saturated heterocycles. The highest BCUT2D eigenvalue weighted by Crippen LogP contribution is 2.13. The van der Waals surface area contributed by atoms with E-state index in [4.69, 9.17) is 0 Å². The summed E-state index contributed by atoms with van der Waals surface area (Å²) >= 11 is 0. The second-order valence-corrected chi connectivity index (χ2v) is 7.67. The van der Waals surface area contributed by atoms with Crippen LogP contribution in [0.25, 0.3) is 0 Å². The standard InChI is InChI=1S/C14H22N4O3S/c1-4-18(5-2)14-15-10(3)8-12(17-14)13(19)16-11-6-7-22(20,21)9-11/h8,11H,4-7,9H2,1-3H3,(H,16,19). The molecular formula is C14H22N4O3S. The number of anilines is 1. The molecule has 2 heterocycles. The molecule has 0 bridgehead atoms. The summed E-state index contributed by atoms with van der Waals surface area (Å²) in [5, 5.41) is 2.75. The van der Waals surface area contributed by atoms with E-state index in [1.54, 1.807) is 6.07 Å². The smallest absolute Gasteiger partial charge is 0.270 e. The first-order chi connectivity index (χ1) is 10.3. The molecule has 0 radical (unpaired) electrons. The van der Waals surface area contributed by atoms with Gasteiger partial charge in [0.1, 0.15) is 5.69 Å². The molecule has 1 aliphatic heterocycles. The molecule has 0 spiro atoms. The van der Waals surface area contributed by atoms with Crippen molar-refractivity contribution in [1.29, 1.82) is 0 Å². The molecule has 0 aliphatic carbocycles. The average molecular weight is 326 g/mol. The zero-order valence-electron chi connectivity index (χ0n) is 13.2. The molecule has 0 aromatic carbocycles. The monoisotopic (exact) mass is 326 g/mol. The van der Waals surface area contributed by atoms with Crippen molar-refractivity contribution in [2.45, 2.75) is 33.2 Å². The topological polar surface area (TPSA) is 92.3 Å². The largest absolute Gasteiger partial charge is 0.347 e. The molecule has 122 valence electrons. The van der Waals surface area contributed by atoms with Gasteiger partial charge in [-0.1, -0.05) is 0 Å². The zero-order valence-corrected chi connectivity index (χ0v) is 14.0. The van der Waals surface area contributed by atoms with Gasteiger partial charge in [0.2, 0.25) is 5.95 Å². The Balaban J connectivity index is 2.16. The van der Waals surface area contributed by atoms with Gasteiger partial charge in [0.25, 0.3) is 5.91 Å². The summed E-state index contributed by atoms with van der Waals surface area (Å²) in [5.41, 5.74) is 0.986. The van der Waals surface area contributed by atoms with Crippen molar-refractivity contribution in [3.05, 3.63) is 17.5 Å². The Hall–Kier alpha value is -1.70. The molecule has 1 unspecified atom stereocenters. The molecule has 1 N–H and O–H groups in total. The quantitative estimate of drug-likeness (QED) is 0.849. The average Bonchev–Trinajstić information content (AvgIpc) is 2.78. The first-order valence-electron chi connectivity index (χ1n) is 7.46. The number of aromatic nitrogens is 2. The molecular weight excluding hydrogens is 304 g/mol. The molecule has 7 nitrogen and oxygen atoms in total. The Morgan fingerprint density at radius 2 is 2.05 bits per heavy atom.